The molecule has 1 heterocycles. The van der Waals surface area contributed by atoms with Gasteiger partial charge in [0.1, 0.15) is 5.70 Å². The molecule has 0 saturated carbocycles. The lowest BCUT2D eigenvalue weighted by atomic mass is 10.0. The molecule has 0 saturated heterocycles. The van der Waals surface area contributed by atoms with Crippen LogP contribution in [0.5, 0.6) is 0 Å². The second kappa shape index (κ2) is 8.45. The van der Waals surface area contributed by atoms with E-state index in [1.807, 2.05) is 0 Å². The molecule has 176 valence electrons. The largest absolute Gasteiger partial charge is 0.464 e. The van der Waals surface area contributed by atoms with Crippen molar-refractivity contribution in [3.05, 3.63) is 71.4 Å². The second-order valence-electron chi connectivity index (χ2n) is 7.32. The van der Waals surface area contributed by atoms with Gasteiger partial charge in [0.15, 0.2) is 5.54 Å². The van der Waals surface area contributed by atoms with Crippen LogP contribution in [0.15, 0.2) is 60.3 Å². The Labute approximate surface area is 184 Å². The van der Waals surface area contributed by atoms with Crippen molar-refractivity contribution >= 4 is 23.3 Å². The number of benzene rings is 2. The summed E-state index contributed by atoms with van der Waals surface area (Å²) in [6, 6.07) is 7.81. The zero-order valence-electron chi connectivity index (χ0n) is 17.3. The van der Waals surface area contributed by atoms with Crippen LogP contribution in [0.25, 0.3) is 0 Å². The Kier molecular flexibility index (Phi) is 6.18. The van der Waals surface area contributed by atoms with Gasteiger partial charge in [-0.3, -0.25) is 9.69 Å². The molecule has 3 rings (SSSR count). The summed E-state index contributed by atoms with van der Waals surface area (Å²) in [7, 11) is 0. The molecular weight excluding hydrogens is 454 g/mol. The van der Waals surface area contributed by atoms with E-state index in [9.17, 15) is 35.9 Å². The van der Waals surface area contributed by atoms with Gasteiger partial charge >= 0.3 is 18.3 Å². The first-order valence-corrected chi connectivity index (χ1v) is 9.63. The van der Waals surface area contributed by atoms with Crippen LogP contribution in [-0.2, 0) is 26.7 Å². The van der Waals surface area contributed by atoms with Gasteiger partial charge in [0, 0.05) is 11.4 Å². The number of hydrogen-bond acceptors (Lipinski definition) is 4. The average Bonchev–Trinajstić information content (AvgIpc) is 2.98. The summed E-state index contributed by atoms with van der Waals surface area (Å²) < 4.78 is 83.7. The maximum absolute atomic E-state index is 13.2. The lowest BCUT2D eigenvalue weighted by Gasteiger charge is -2.32. The van der Waals surface area contributed by atoms with E-state index in [-0.39, 0.29) is 23.7 Å². The number of nitrogens with one attached hydrogen (secondary N) is 1. The van der Waals surface area contributed by atoms with Gasteiger partial charge in [-0.05, 0) is 56.3 Å². The predicted molar refractivity (Wildman–Crippen MR) is 107 cm³/mol. The Hall–Kier alpha value is -3.50. The van der Waals surface area contributed by atoms with E-state index in [4.69, 9.17) is 4.74 Å². The monoisotopic (exact) mass is 472 g/mol. The quantitative estimate of drug-likeness (QED) is 0.469. The molecule has 1 aliphatic heterocycles. The van der Waals surface area contributed by atoms with Crippen molar-refractivity contribution in [2.45, 2.75) is 31.7 Å². The summed E-state index contributed by atoms with van der Waals surface area (Å²) in [6.45, 7) is 2.71. The van der Waals surface area contributed by atoms with Gasteiger partial charge in [0.2, 0.25) is 0 Å². The third-order valence-electron chi connectivity index (χ3n) is 4.91. The predicted octanol–water partition coefficient (Wildman–Crippen LogP) is 5.39. The Bertz CT molecular complexity index is 1110. The number of carbonyl (C=O) groups excluding carboxylic acids is 2. The van der Waals surface area contributed by atoms with Crippen molar-refractivity contribution in [3.63, 3.8) is 0 Å². The number of halogens is 6. The summed E-state index contributed by atoms with van der Waals surface area (Å²) >= 11 is 0. The molecule has 0 bridgehead atoms. The topological polar surface area (TPSA) is 58.6 Å². The molecule has 1 atom stereocenters. The highest BCUT2D eigenvalue weighted by Crippen LogP contribution is 2.39. The normalized spacial score (nSPS) is 18.8. The summed E-state index contributed by atoms with van der Waals surface area (Å²) in [5.41, 5.74) is -4.48. The van der Waals surface area contributed by atoms with Crippen molar-refractivity contribution in [1.82, 2.24) is 0 Å². The maximum atomic E-state index is 13.2. The third-order valence-corrected chi connectivity index (χ3v) is 4.91. The van der Waals surface area contributed by atoms with Gasteiger partial charge in [-0.2, -0.15) is 26.3 Å². The van der Waals surface area contributed by atoms with Crippen molar-refractivity contribution in [3.8, 4) is 0 Å². The molecule has 0 aromatic heterocycles. The zero-order chi connectivity index (χ0) is 24.6. The first kappa shape index (κ1) is 24.1. The van der Waals surface area contributed by atoms with Crippen LogP contribution < -0.4 is 10.2 Å². The molecule has 0 fully saturated rings. The van der Waals surface area contributed by atoms with Gasteiger partial charge in [-0.1, -0.05) is 12.1 Å². The number of esters is 1. The van der Waals surface area contributed by atoms with Gasteiger partial charge in [-0.15, -0.1) is 0 Å². The number of rotatable bonds is 5. The molecule has 11 heteroatoms. The molecule has 5 nitrogen and oxygen atoms in total. The Morgan fingerprint density at radius 1 is 1.00 bits per heavy atom. The maximum Gasteiger partial charge on any atom is 0.416 e. The van der Waals surface area contributed by atoms with E-state index in [0.29, 0.717) is 6.07 Å². The van der Waals surface area contributed by atoms with Gasteiger partial charge < -0.3 is 10.1 Å². The molecule has 1 amide bonds. The smallest absolute Gasteiger partial charge is 0.416 e. The first-order valence-electron chi connectivity index (χ1n) is 9.63. The summed E-state index contributed by atoms with van der Waals surface area (Å²) in [4.78, 5) is 26.7. The molecule has 2 aromatic carbocycles. The summed E-state index contributed by atoms with van der Waals surface area (Å²) in [6.07, 6.45) is -8.21. The van der Waals surface area contributed by atoms with Crippen molar-refractivity contribution in [2.75, 3.05) is 16.8 Å². The highest BCUT2D eigenvalue weighted by atomic mass is 19.4. The molecule has 0 radical (unpaired) electrons. The number of carbonyl (C=O) groups is 2. The van der Waals surface area contributed by atoms with Gasteiger partial charge in [0.05, 0.1) is 17.7 Å². The summed E-state index contributed by atoms with van der Waals surface area (Å²) in [5.74, 6) is -1.83. The number of hydrogen-bond donors (Lipinski definition) is 1. The van der Waals surface area contributed by atoms with E-state index in [1.54, 1.807) is 0 Å². The highest BCUT2D eigenvalue weighted by Gasteiger charge is 2.50. The number of ether oxygens (including phenoxy) is 1. The first-order chi connectivity index (χ1) is 15.3. The van der Waals surface area contributed by atoms with Gasteiger partial charge in [0.25, 0.3) is 5.91 Å². The van der Waals surface area contributed by atoms with Crippen molar-refractivity contribution in [2.24, 2.45) is 0 Å². The van der Waals surface area contributed by atoms with Crippen LogP contribution in [0.3, 0.4) is 0 Å². The molecule has 2 aromatic rings. The number of anilines is 2. The van der Waals surface area contributed by atoms with E-state index >= 15 is 0 Å². The number of nitrogens with zero attached hydrogens (tertiary/aromatic N) is 1. The highest BCUT2D eigenvalue weighted by molar-refractivity contribution is 6.16. The lowest BCUT2D eigenvalue weighted by Crippen LogP contribution is -2.51. The van der Waals surface area contributed by atoms with E-state index < -0.39 is 40.9 Å². The molecule has 0 spiro atoms. The molecular formula is C22H18F6N2O3. The van der Waals surface area contributed by atoms with E-state index in [2.05, 4.69) is 5.32 Å². The van der Waals surface area contributed by atoms with Gasteiger partial charge in [-0.25, -0.2) is 4.79 Å². The second-order valence-corrected chi connectivity index (χ2v) is 7.32. The van der Waals surface area contributed by atoms with Crippen LogP contribution in [0.1, 0.15) is 25.0 Å². The number of amides is 1. The Balaban J connectivity index is 2.05. The Morgan fingerprint density at radius 3 is 2.15 bits per heavy atom. The van der Waals surface area contributed by atoms with Crippen LogP contribution in [0.2, 0.25) is 0 Å². The molecule has 33 heavy (non-hydrogen) atoms. The van der Waals surface area contributed by atoms with Crippen LogP contribution in [0.4, 0.5) is 37.7 Å². The van der Waals surface area contributed by atoms with E-state index in [1.165, 1.54) is 26.0 Å². The lowest BCUT2D eigenvalue weighted by molar-refractivity contribution is -0.147. The third kappa shape index (κ3) is 4.81. The minimum atomic E-state index is -4.70. The van der Waals surface area contributed by atoms with Crippen LogP contribution >= 0.6 is 0 Å². The fraction of sp³-hybridized carbons (Fsp3) is 0.273. The van der Waals surface area contributed by atoms with Crippen molar-refractivity contribution < 1.29 is 40.7 Å². The minimum Gasteiger partial charge on any atom is -0.464 e. The fourth-order valence-corrected chi connectivity index (χ4v) is 3.39. The SMILES string of the molecule is CCOC(=O)C1(C)C=C(Nc2cccc(C(F)(F)F)c2)C(=O)N1c1cccc(C(F)(F)F)c1. The Morgan fingerprint density at radius 2 is 1.58 bits per heavy atom. The molecule has 1 aliphatic rings. The zero-order valence-corrected chi connectivity index (χ0v) is 17.3. The standard InChI is InChI=1S/C22H18F6N2O3/c1-3-33-19(32)20(2)12-17(29-15-8-4-6-13(10-15)21(23,24)25)18(31)30(20)16-9-5-7-14(11-16)22(26,27)28/h4-12,29H,3H2,1-2H3. The molecule has 0 aliphatic carbocycles. The fourth-order valence-electron chi connectivity index (χ4n) is 3.39. The molecule has 1 unspecified atom stereocenters. The van der Waals surface area contributed by atoms with E-state index in [0.717, 1.165) is 41.3 Å². The average molecular weight is 472 g/mol. The minimum absolute atomic E-state index is 0.0662. The molecule has 1 N–H and O–H groups in total. The van der Waals surface area contributed by atoms with Crippen LogP contribution in [0, 0.1) is 0 Å². The van der Waals surface area contributed by atoms with Crippen LogP contribution in [-0.4, -0.2) is 24.0 Å². The van der Waals surface area contributed by atoms with Crippen molar-refractivity contribution in [1.29, 1.82) is 0 Å². The summed E-state index contributed by atoms with van der Waals surface area (Å²) in [5, 5.41) is 2.54. The number of alkyl halides is 6.